The molecule has 0 aromatic rings. The van der Waals surface area contributed by atoms with Crippen molar-refractivity contribution in [1.82, 2.24) is 5.32 Å². The van der Waals surface area contributed by atoms with Gasteiger partial charge >= 0.3 is 5.97 Å². The number of aliphatic hydroxyl groups is 2. The summed E-state index contributed by atoms with van der Waals surface area (Å²) in [6, 6.07) is -0.565. The van der Waals surface area contributed by atoms with Crippen LogP contribution in [0.25, 0.3) is 0 Å². The maximum Gasteiger partial charge on any atom is 0.305 e. The van der Waals surface area contributed by atoms with E-state index in [0.29, 0.717) is 25.9 Å². The van der Waals surface area contributed by atoms with Crippen molar-refractivity contribution in [2.24, 2.45) is 0 Å². The number of carbonyl (C=O) groups is 2. The second-order valence-electron chi connectivity index (χ2n) is 16.4. The molecule has 0 saturated heterocycles. The minimum absolute atomic E-state index is 0.0443. The Labute approximate surface area is 341 Å². The van der Waals surface area contributed by atoms with Crippen LogP contribution in [0.2, 0.25) is 0 Å². The van der Waals surface area contributed by atoms with Gasteiger partial charge in [-0.15, -0.1) is 0 Å². The van der Waals surface area contributed by atoms with Crippen molar-refractivity contribution in [3.63, 3.8) is 0 Å². The van der Waals surface area contributed by atoms with E-state index in [2.05, 4.69) is 43.5 Å². The van der Waals surface area contributed by atoms with Gasteiger partial charge in [0.25, 0.3) is 0 Å². The Bertz CT molecular complexity index is 858. The SMILES string of the molecule is CCCCCCCCC/C=C\CCCCCCCC(=O)OCCCC/C=C\CCCCCCC(=O)NC(CO)C(O)CCCCCCCCCCCCCC. The molecule has 0 saturated carbocycles. The zero-order valence-electron chi connectivity index (χ0n) is 36.7. The molecule has 0 spiro atoms. The molecule has 0 fully saturated rings. The molecule has 2 unspecified atom stereocenters. The molecule has 3 N–H and O–H groups in total. The molecule has 0 radical (unpaired) electrons. The van der Waals surface area contributed by atoms with Crippen molar-refractivity contribution in [1.29, 1.82) is 0 Å². The molecule has 6 nitrogen and oxygen atoms in total. The van der Waals surface area contributed by atoms with Crippen LogP contribution in [0.5, 0.6) is 0 Å². The molecule has 0 aliphatic carbocycles. The summed E-state index contributed by atoms with van der Waals surface area (Å²) >= 11 is 0. The lowest BCUT2D eigenvalue weighted by Crippen LogP contribution is -2.45. The van der Waals surface area contributed by atoms with E-state index >= 15 is 0 Å². The Hall–Kier alpha value is -1.66. The van der Waals surface area contributed by atoms with E-state index in [1.807, 2.05) is 0 Å². The highest BCUT2D eigenvalue weighted by Crippen LogP contribution is 2.15. The Morgan fingerprint density at radius 3 is 1.29 bits per heavy atom. The lowest BCUT2D eigenvalue weighted by Gasteiger charge is -2.22. The third kappa shape index (κ3) is 41.8. The summed E-state index contributed by atoms with van der Waals surface area (Å²) in [4.78, 5) is 24.4. The van der Waals surface area contributed by atoms with Crippen LogP contribution < -0.4 is 5.32 Å². The van der Waals surface area contributed by atoms with E-state index in [0.717, 1.165) is 77.0 Å². The number of aliphatic hydroxyl groups excluding tert-OH is 2. The van der Waals surface area contributed by atoms with Gasteiger partial charge in [-0.1, -0.05) is 186 Å². The topological polar surface area (TPSA) is 95.9 Å². The molecule has 0 bridgehead atoms. The molecule has 0 rings (SSSR count). The number of rotatable bonds is 44. The maximum atomic E-state index is 12.4. The van der Waals surface area contributed by atoms with Crippen LogP contribution in [-0.2, 0) is 14.3 Å². The predicted octanol–water partition coefficient (Wildman–Crippen LogP) is 14.0. The third-order valence-corrected chi connectivity index (χ3v) is 11.0. The fourth-order valence-corrected chi connectivity index (χ4v) is 7.21. The first-order valence-corrected chi connectivity index (χ1v) is 24.1. The van der Waals surface area contributed by atoms with Crippen molar-refractivity contribution >= 4 is 11.9 Å². The molecule has 0 aromatic heterocycles. The highest BCUT2D eigenvalue weighted by molar-refractivity contribution is 5.76. The summed E-state index contributed by atoms with van der Waals surface area (Å²) in [6.07, 6.45) is 51.4. The first-order chi connectivity index (χ1) is 27.0. The molecular formula is C49H93NO5. The second kappa shape index (κ2) is 45.0. The normalized spacial score (nSPS) is 12.9. The molecule has 0 aliphatic heterocycles. The maximum absolute atomic E-state index is 12.4. The van der Waals surface area contributed by atoms with Crippen LogP contribution in [0.3, 0.4) is 0 Å². The van der Waals surface area contributed by atoms with E-state index < -0.39 is 12.1 Å². The van der Waals surface area contributed by atoms with Crippen LogP contribution in [-0.4, -0.2) is 47.4 Å². The van der Waals surface area contributed by atoms with E-state index in [4.69, 9.17) is 4.74 Å². The molecule has 0 aromatic carbocycles. The van der Waals surface area contributed by atoms with Crippen LogP contribution in [0.1, 0.15) is 251 Å². The molecule has 324 valence electrons. The molecule has 6 heteroatoms. The molecule has 55 heavy (non-hydrogen) atoms. The Balaban J connectivity index is 3.53. The minimum Gasteiger partial charge on any atom is -0.466 e. The first-order valence-electron chi connectivity index (χ1n) is 24.1. The van der Waals surface area contributed by atoms with Gasteiger partial charge < -0.3 is 20.3 Å². The van der Waals surface area contributed by atoms with E-state index in [1.54, 1.807) is 0 Å². The van der Waals surface area contributed by atoms with Crippen molar-refractivity contribution in [3.8, 4) is 0 Å². The van der Waals surface area contributed by atoms with Crippen LogP contribution in [0, 0.1) is 0 Å². The van der Waals surface area contributed by atoms with E-state index in [1.165, 1.54) is 141 Å². The molecule has 0 heterocycles. The van der Waals surface area contributed by atoms with E-state index in [-0.39, 0.29) is 18.5 Å². The summed E-state index contributed by atoms with van der Waals surface area (Å²) in [5, 5.41) is 23.1. The lowest BCUT2D eigenvalue weighted by atomic mass is 10.0. The average Bonchev–Trinajstić information content (AvgIpc) is 3.18. The first kappa shape index (κ1) is 53.3. The van der Waals surface area contributed by atoms with Gasteiger partial charge in [0.05, 0.1) is 25.4 Å². The van der Waals surface area contributed by atoms with E-state index in [9.17, 15) is 19.8 Å². The minimum atomic E-state index is -0.684. The zero-order valence-corrected chi connectivity index (χ0v) is 36.7. The Morgan fingerprint density at radius 2 is 0.855 bits per heavy atom. The quantitative estimate of drug-likeness (QED) is 0.0325. The second-order valence-corrected chi connectivity index (χ2v) is 16.4. The van der Waals surface area contributed by atoms with Gasteiger partial charge in [0.2, 0.25) is 5.91 Å². The van der Waals surface area contributed by atoms with Crippen molar-refractivity contribution in [3.05, 3.63) is 24.3 Å². The molecule has 0 aliphatic rings. The van der Waals surface area contributed by atoms with Crippen molar-refractivity contribution < 1.29 is 24.5 Å². The summed E-state index contributed by atoms with van der Waals surface area (Å²) in [5.74, 6) is -0.117. The zero-order chi connectivity index (χ0) is 40.1. The molecule has 1 amide bonds. The fourth-order valence-electron chi connectivity index (χ4n) is 7.21. The Morgan fingerprint density at radius 1 is 0.491 bits per heavy atom. The van der Waals surface area contributed by atoms with Gasteiger partial charge in [0, 0.05) is 12.8 Å². The van der Waals surface area contributed by atoms with Gasteiger partial charge in [-0.2, -0.15) is 0 Å². The number of allylic oxidation sites excluding steroid dienone is 4. The van der Waals surface area contributed by atoms with Gasteiger partial charge in [-0.3, -0.25) is 9.59 Å². The lowest BCUT2D eigenvalue weighted by molar-refractivity contribution is -0.143. The van der Waals surface area contributed by atoms with Gasteiger partial charge in [0.15, 0.2) is 0 Å². The Kier molecular flexibility index (Phi) is 43.7. The van der Waals surface area contributed by atoms with Crippen molar-refractivity contribution in [2.75, 3.05) is 13.2 Å². The number of hydrogen-bond acceptors (Lipinski definition) is 5. The largest absolute Gasteiger partial charge is 0.466 e. The summed E-state index contributed by atoms with van der Waals surface area (Å²) < 4.78 is 5.43. The fraction of sp³-hybridized carbons (Fsp3) is 0.878. The predicted molar refractivity (Wildman–Crippen MR) is 236 cm³/mol. The monoisotopic (exact) mass is 776 g/mol. The third-order valence-electron chi connectivity index (χ3n) is 11.0. The summed E-state index contributed by atoms with van der Waals surface area (Å²) in [6.45, 7) is 4.84. The van der Waals surface area contributed by atoms with Gasteiger partial charge in [-0.25, -0.2) is 0 Å². The van der Waals surface area contributed by atoms with Crippen molar-refractivity contribution in [2.45, 2.75) is 264 Å². The van der Waals surface area contributed by atoms with Gasteiger partial charge in [0.1, 0.15) is 0 Å². The standard InChI is InChI=1S/C49H93NO5/c1-3-5-7-9-11-13-15-17-18-19-20-22-27-31-35-39-43-49(54)55-44-40-36-32-28-24-23-26-30-34-38-42-48(53)50-46(45-51)47(52)41-37-33-29-25-21-16-14-12-10-8-6-4-2/h18-19,24,28,46-47,51-52H,3-17,20-23,25-27,29-45H2,1-2H3,(H,50,53)/b19-18-,28-24-. The number of hydrogen-bond donors (Lipinski definition) is 3. The number of carbonyl (C=O) groups excluding carboxylic acids is 2. The van der Waals surface area contributed by atoms with Crippen LogP contribution >= 0.6 is 0 Å². The number of nitrogens with one attached hydrogen (secondary N) is 1. The van der Waals surface area contributed by atoms with Gasteiger partial charge in [-0.05, 0) is 77.0 Å². The summed E-state index contributed by atoms with van der Waals surface area (Å²) in [7, 11) is 0. The highest BCUT2D eigenvalue weighted by atomic mass is 16.5. The molecule has 2 atom stereocenters. The summed E-state index contributed by atoms with van der Waals surface area (Å²) in [5.41, 5.74) is 0. The van der Waals surface area contributed by atoms with Crippen LogP contribution in [0.15, 0.2) is 24.3 Å². The smallest absolute Gasteiger partial charge is 0.305 e. The molecular weight excluding hydrogens is 683 g/mol. The highest BCUT2D eigenvalue weighted by Gasteiger charge is 2.20. The number of esters is 1. The average molecular weight is 776 g/mol. The number of ether oxygens (including phenoxy) is 1. The number of unbranched alkanes of at least 4 members (excludes halogenated alkanes) is 29. The van der Waals surface area contributed by atoms with Crippen LogP contribution in [0.4, 0.5) is 0 Å². The number of amides is 1.